The van der Waals surface area contributed by atoms with Crippen LogP contribution in [0.25, 0.3) is 0 Å². The molecular formula is C14H25NOS. The van der Waals surface area contributed by atoms with Gasteiger partial charge in [-0.2, -0.15) is 0 Å². The molecule has 0 spiro atoms. The fraction of sp³-hybridized carbons (Fsp3) is 0.714. The molecule has 0 aliphatic heterocycles. The van der Waals surface area contributed by atoms with Gasteiger partial charge < -0.3 is 10.4 Å². The van der Waals surface area contributed by atoms with Gasteiger partial charge in [0.05, 0.1) is 0 Å². The van der Waals surface area contributed by atoms with E-state index in [-0.39, 0.29) is 6.10 Å². The molecule has 17 heavy (non-hydrogen) atoms. The molecule has 1 aromatic rings. The van der Waals surface area contributed by atoms with E-state index in [0.29, 0.717) is 24.3 Å². The van der Waals surface area contributed by atoms with Gasteiger partial charge in [-0.05, 0) is 35.7 Å². The Bertz CT molecular complexity index is 287. The summed E-state index contributed by atoms with van der Waals surface area (Å²) in [4.78, 5) is 1.04. The second-order valence-electron chi connectivity index (χ2n) is 5.34. The first kappa shape index (κ1) is 14.7. The van der Waals surface area contributed by atoms with Gasteiger partial charge in [0.2, 0.25) is 0 Å². The Morgan fingerprint density at radius 3 is 2.29 bits per heavy atom. The predicted octanol–water partition coefficient (Wildman–Crippen LogP) is 3.30. The second-order valence-corrected chi connectivity index (χ2v) is 6.32. The third kappa shape index (κ3) is 4.78. The van der Waals surface area contributed by atoms with Crippen LogP contribution in [0.4, 0.5) is 0 Å². The van der Waals surface area contributed by atoms with Crippen molar-refractivity contribution in [1.82, 2.24) is 5.32 Å². The number of aliphatic hydroxyl groups excluding tert-OH is 1. The number of rotatable bonds is 7. The summed E-state index contributed by atoms with van der Waals surface area (Å²) in [6.45, 7) is 10.7. The maximum Gasteiger partial charge on any atom is 0.101 e. The molecule has 1 heterocycles. The molecule has 1 rings (SSSR count). The van der Waals surface area contributed by atoms with Crippen LogP contribution in [-0.2, 0) is 0 Å². The van der Waals surface area contributed by atoms with E-state index in [9.17, 15) is 5.11 Å². The van der Waals surface area contributed by atoms with Crippen LogP contribution in [0.5, 0.6) is 0 Å². The highest BCUT2D eigenvalue weighted by Gasteiger charge is 2.17. The summed E-state index contributed by atoms with van der Waals surface area (Å²) in [7, 11) is 0. The van der Waals surface area contributed by atoms with Crippen molar-refractivity contribution in [2.75, 3.05) is 13.1 Å². The topological polar surface area (TPSA) is 32.3 Å². The summed E-state index contributed by atoms with van der Waals surface area (Å²) in [6.07, 6.45) is -0.366. The molecule has 0 fully saturated rings. The van der Waals surface area contributed by atoms with Crippen molar-refractivity contribution in [3.05, 3.63) is 22.4 Å². The lowest BCUT2D eigenvalue weighted by Gasteiger charge is -2.25. The lowest BCUT2D eigenvalue weighted by molar-refractivity contribution is 0.170. The maximum atomic E-state index is 9.95. The van der Waals surface area contributed by atoms with E-state index in [4.69, 9.17) is 0 Å². The third-order valence-electron chi connectivity index (χ3n) is 3.30. The second kappa shape index (κ2) is 7.14. The molecule has 1 unspecified atom stereocenters. The largest absolute Gasteiger partial charge is 0.386 e. The van der Waals surface area contributed by atoms with Gasteiger partial charge in [0.25, 0.3) is 0 Å². The van der Waals surface area contributed by atoms with E-state index >= 15 is 0 Å². The van der Waals surface area contributed by atoms with E-state index < -0.39 is 0 Å². The molecule has 0 aliphatic carbocycles. The Hall–Kier alpha value is -0.380. The summed E-state index contributed by atoms with van der Waals surface area (Å²) in [5.41, 5.74) is 0. The first-order valence-electron chi connectivity index (χ1n) is 6.44. The molecule has 2 N–H and O–H groups in total. The molecule has 0 aromatic carbocycles. The zero-order chi connectivity index (χ0) is 12.8. The van der Waals surface area contributed by atoms with Gasteiger partial charge >= 0.3 is 0 Å². The van der Waals surface area contributed by atoms with Gasteiger partial charge in [-0.1, -0.05) is 33.8 Å². The lowest BCUT2D eigenvalue weighted by Crippen LogP contribution is -2.32. The van der Waals surface area contributed by atoms with Crippen molar-refractivity contribution in [1.29, 1.82) is 0 Å². The fourth-order valence-electron chi connectivity index (χ4n) is 2.21. The molecule has 0 saturated carbocycles. The Morgan fingerprint density at radius 2 is 1.82 bits per heavy atom. The van der Waals surface area contributed by atoms with Crippen molar-refractivity contribution in [2.45, 2.75) is 33.8 Å². The van der Waals surface area contributed by atoms with Crippen molar-refractivity contribution >= 4 is 11.3 Å². The van der Waals surface area contributed by atoms with Crippen molar-refractivity contribution in [3.63, 3.8) is 0 Å². The zero-order valence-corrected chi connectivity index (χ0v) is 12.1. The van der Waals surface area contributed by atoms with Gasteiger partial charge in [0.1, 0.15) is 6.10 Å². The zero-order valence-electron chi connectivity index (χ0n) is 11.3. The Kier molecular flexibility index (Phi) is 6.17. The van der Waals surface area contributed by atoms with Crippen molar-refractivity contribution < 1.29 is 5.11 Å². The lowest BCUT2D eigenvalue weighted by atomic mass is 9.85. The SMILES string of the molecule is CC(C)C(CNCC(O)c1cccs1)C(C)C. The van der Waals surface area contributed by atoms with Gasteiger partial charge in [0.15, 0.2) is 0 Å². The summed E-state index contributed by atoms with van der Waals surface area (Å²) in [5, 5.41) is 15.3. The minimum absolute atomic E-state index is 0.366. The van der Waals surface area contributed by atoms with E-state index in [1.54, 1.807) is 11.3 Å². The molecule has 3 heteroatoms. The first-order chi connectivity index (χ1) is 8.02. The van der Waals surface area contributed by atoms with Crippen LogP contribution >= 0.6 is 11.3 Å². The van der Waals surface area contributed by atoms with Crippen LogP contribution in [0.3, 0.4) is 0 Å². The Labute approximate surface area is 109 Å². The maximum absolute atomic E-state index is 9.95. The summed E-state index contributed by atoms with van der Waals surface area (Å²) >= 11 is 1.61. The Balaban J connectivity index is 2.31. The number of nitrogens with one attached hydrogen (secondary N) is 1. The van der Waals surface area contributed by atoms with Gasteiger partial charge in [-0.3, -0.25) is 0 Å². The minimum Gasteiger partial charge on any atom is -0.386 e. The first-order valence-corrected chi connectivity index (χ1v) is 7.32. The molecule has 1 atom stereocenters. The fourth-order valence-corrected chi connectivity index (χ4v) is 2.92. The quantitative estimate of drug-likeness (QED) is 0.783. The van der Waals surface area contributed by atoms with Gasteiger partial charge in [-0.15, -0.1) is 11.3 Å². The normalized spacial score (nSPS) is 13.9. The summed E-state index contributed by atoms with van der Waals surface area (Å²) < 4.78 is 0. The van der Waals surface area contributed by atoms with Crippen LogP contribution in [0, 0.1) is 17.8 Å². The predicted molar refractivity (Wildman–Crippen MR) is 75.3 cm³/mol. The molecule has 98 valence electrons. The van der Waals surface area contributed by atoms with E-state index in [2.05, 4.69) is 33.0 Å². The number of aliphatic hydroxyl groups is 1. The van der Waals surface area contributed by atoms with E-state index in [1.165, 1.54) is 0 Å². The van der Waals surface area contributed by atoms with Crippen LogP contribution in [0.15, 0.2) is 17.5 Å². The number of thiophene rings is 1. The molecule has 0 aliphatic rings. The highest BCUT2D eigenvalue weighted by molar-refractivity contribution is 7.10. The molecule has 0 radical (unpaired) electrons. The van der Waals surface area contributed by atoms with E-state index in [1.807, 2.05) is 17.5 Å². The van der Waals surface area contributed by atoms with E-state index in [0.717, 1.165) is 11.4 Å². The molecule has 0 amide bonds. The van der Waals surface area contributed by atoms with Crippen LogP contribution in [0.2, 0.25) is 0 Å². The van der Waals surface area contributed by atoms with Crippen LogP contribution < -0.4 is 5.32 Å². The molecular weight excluding hydrogens is 230 g/mol. The minimum atomic E-state index is -0.366. The average Bonchev–Trinajstić information content (AvgIpc) is 2.76. The average molecular weight is 255 g/mol. The standard InChI is InChI=1S/C14H25NOS/c1-10(2)12(11(3)4)8-15-9-13(16)14-6-5-7-17-14/h5-7,10-13,15-16H,8-9H2,1-4H3. The molecule has 1 aromatic heterocycles. The van der Waals surface area contributed by atoms with Gasteiger partial charge in [-0.25, -0.2) is 0 Å². The summed E-state index contributed by atoms with van der Waals surface area (Å²) in [6, 6.07) is 3.97. The Morgan fingerprint density at radius 1 is 1.18 bits per heavy atom. The number of hydrogen-bond acceptors (Lipinski definition) is 3. The highest BCUT2D eigenvalue weighted by Crippen LogP contribution is 2.21. The van der Waals surface area contributed by atoms with Crippen molar-refractivity contribution in [2.24, 2.45) is 17.8 Å². The molecule has 2 nitrogen and oxygen atoms in total. The van der Waals surface area contributed by atoms with Gasteiger partial charge in [0, 0.05) is 11.4 Å². The smallest absolute Gasteiger partial charge is 0.101 e. The number of hydrogen-bond donors (Lipinski definition) is 2. The van der Waals surface area contributed by atoms with Crippen LogP contribution in [-0.4, -0.2) is 18.2 Å². The molecule has 0 bridgehead atoms. The highest BCUT2D eigenvalue weighted by atomic mass is 32.1. The monoisotopic (exact) mass is 255 g/mol. The third-order valence-corrected chi connectivity index (χ3v) is 4.28. The summed E-state index contributed by atoms with van der Waals surface area (Å²) in [5.74, 6) is 2.04. The molecule has 0 saturated heterocycles. The van der Waals surface area contributed by atoms with Crippen LogP contribution in [0.1, 0.15) is 38.7 Å². The van der Waals surface area contributed by atoms with Crippen molar-refractivity contribution in [3.8, 4) is 0 Å².